The predicted molar refractivity (Wildman–Crippen MR) is 142 cm³/mol. The zero-order valence-corrected chi connectivity index (χ0v) is 23.9. The zero-order chi connectivity index (χ0) is 25.7. The number of aliphatic hydroxyl groups is 1. The molecule has 0 amide bonds. The maximum Gasteiger partial charge on any atom is 0.312 e. The molecule has 0 aliphatic heterocycles. The van der Waals surface area contributed by atoms with E-state index in [0.29, 0.717) is 24.4 Å². The Bertz CT molecular complexity index is 916. The van der Waals surface area contributed by atoms with Crippen LogP contribution < -0.4 is 0 Å². The van der Waals surface area contributed by atoms with Crippen molar-refractivity contribution in [3.05, 3.63) is 11.6 Å². The maximum atomic E-state index is 13.6. The molecule has 0 spiro atoms. The Labute approximate surface area is 214 Å². The van der Waals surface area contributed by atoms with Crippen LogP contribution in [0.3, 0.4) is 0 Å². The molecule has 0 aromatic rings. The van der Waals surface area contributed by atoms with Gasteiger partial charge in [-0.05, 0) is 116 Å². The number of carbonyl (C=O) groups excluding carboxylic acids is 1. The van der Waals surface area contributed by atoms with E-state index in [2.05, 4.69) is 54.5 Å². The second-order valence-corrected chi connectivity index (χ2v) is 15.6. The SMILES string of the molecule is CCOC(=O)[C@]12CCC(C)(C)CC1C1=CCC3[C@@]4(C)C[C@H](O)CC(C)(C)C4CC[C@@]3(C)[C@]1(C)CC2. The predicted octanol–water partition coefficient (Wildman–Crippen LogP) is 7.71. The molecule has 3 heteroatoms. The molecule has 1 N–H and O–H groups in total. The van der Waals surface area contributed by atoms with Crippen LogP contribution in [-0.4, -0.2) is 23.8 Å². The monoisotopic (exact) mass is 484 g/mol. The molecule has 5 aliphatic carbocycles. The Balaban J connectivity index is 1.60. The highest BCUT2D eigenvalue weighted by Crippen LogP contribution is 2.75. The first kappa shape index (κ1) is 25.8. The van der Waals surface area contributed by atoms with Gasteiger partial charge in [-0.2, -0.15) is 0 Å². The third-order valence-corrected chi connectivity index (χ3v) is 13.0. The lowest BCUT2D eigenvalue weighted by Crippen LogP contribution is -2.64. The van der Waals surface area contributed by atoms with Crippen molar-refractivity contribution in [2.24, 2.45) is 50.2 Å². The molecule has 0 aromatic carbocycles. The van der Waals surface area contributed by atoms with Crippen LogP contribution in [0.15, 0.2) is 11.6 Å². The molecule has 0 heterocycles. The van der Waals surface area contributed by atoms with Gasteiger partial charge < -0.3 is 9.84 Å². The van der Waals surface area contributed by atoms with E-state index in [1.54, 1.807) is 5.57 Å². The fourth-order valence-electron chi connectivity index (χ4n) is 11.1. The van der Waals surface area contributed by atoms with Crippen molar-refractivity contribution in [2.75, 3.05) is 6.61 Å². The van der Waals surface area contributed by atoms with Crippen LogP contribution in [0.1, 0.15) is 120 Å². The van der Waals surface area contributed by atoms with Gasteiger partial charge in [0.05, 0.1) is 18.1 Å². The van der Waals surface area contributed by atoms with Gasteiger partial charge in [-0.1, -0.05) is 60.1 Å². The normalized spacial score (nSPS) is 50.0. The lowest BCUT2D eigenvalue weighted by atomic mass is 9.33. The third kappa shape index (κ3) is 3.41. The first-order valence-electron chi connectivity index (χ1n) is 14.7. The van der Waals surface area contributed by atoms with Crippen molar-refractivity contribution in [2.45, 2.75) is 126 Å². The van der Waals surface area contributed by atoms with Crippen LogP contribution >= 0.6 is 0 Å². The van der Waals surface area contributed by atoms with Gasteiger partial charge in [0.25, 0.3) is 0 Å². The lowest BCUT2D eigenvalue weighted by Gasteiger charge is -2.71. The smallest absolute Gasteiger partial charge is 0.312 e. The molecule has 0 radical (unpaired) electrons. The molecular formula is C32H52O3. The van der Waals surface area contributed by atoms with E-state index < -0.39 is 0 Å². The van der Waals surface area contributed by atoms with E-state index in [1.807, 2.05) is 6.92 Å². The van der Waals surface area contributed by atoms with Gasteiger partial charge in [0.15, 0.2) is 0 Å². The maximum absolute atomic E-state index is 13.6. The Hall–Kier alpha value is -0.830. The molecule has 8 atom stereocenters. The molecule has 0 saturated heterocycles. The van der Waals surface area contributed by atoms with Crippen LogP contribution in [0.4, 0.5) is 0 Å². The molecule has 0 aromatic heterocycles. The average molecular weight is 485 g/mol. The summed E-state index contributed by atoms with van der Waals surface area (Å²) in [5, 5.41) is 11.0. The van der Waals surface area contributed by atoms with Crippen LogP contribution in [-0.2, 0) is 9.53 Å². The third-order valence-electron chi connectivity index (χ3n) is 13.0. The highest BCUT2D eigenvalue weighted by Gasteiger charge is 2.69. The number of fused-ring (bicyclic) bond motifs is 7. The van der Waals surface area contributed by atoms with E-state index in [0.717, 1.165) is 51.4 Å². The van der Waals surface area contributed by atoms with E-state index >= 15 is 0 Å². The van der Waals surface area contributed by atoms with Crippen molar-refractivity contribution in [1.82, 2.24) is 0 Å². The minimum absolute atomic E-state index is 0.0727. The minimum atomic E-state index is -0.329. The molecule has 5 rings (SSSR count). The van der Waals surface area contributed by atoms with Gasteiger partial charge in [0.2, 0.25) is 0 Å². The van der Waals surface area contributed by atoms with Crippen LogP contribution in [0.5, 0.6) is 0 Å². The van der Waals surface area contributed by atoms with Gasteiger partial charge in [0.1, 0.15) is 0 Å². The summed E-state index contributed by atoms with van der Waals surface area (Å²) in [6, 6.07) is 0. The average Bonchev–Trinajstić information content (AvgIpc) is 2.72. The topological polar surface area (TPSA) is 46.5 Å². The number of carbonyl (C=O) groups is 1. The molecule has 5 aliphatic rings. The summed E-state index contributed by atoms with van der Waals surface area (Å²) in [4.78, 5) is 13.6. The number of ether oxygens (including phenoxy) is 1. The quantitative estimate of drug-likeness (QED) is 0.322. The first-order valence-corrected chi connectivity index (χ1v) is 14.7. The summed E-state index contributed by atoms with van der Waals surface area (Å²) in [5.74, 6) is 1.64. The minimum Gasteiger partial charge on any atom is -0.466 e. The number of allylic oxidation sites excluding steroid dienone is 2. The number of esters is 1. The summed E-state index contributed by atoms with van der Waals surface area (Å²) in [6.45, 7) is 19.7. The largest absolute Gasteiger partial charge is 0.466 e. The molecule has 3 unspecified atom stereocenters. The molecule has 4 fully saturated rings. The highest BCUT2D eigenvalue weighted by molar-refractivity contribution is 5.78. The van der Waals surface area contributed by atoms with Crippen LogP contribution in [0.25, 0.3) is 0 Å². The molecule has 198 valence electrons. The second kappa shape index (κ2) is 7.84. The Morgan fingerprint density at radius 2 is 1.63 bits per heavy atom. The zero-order valence-electron chi connectivity index (χ0n) is 23.9. The fraction of sp³-hybridized carbons (Fsp3) is 0.906. The Morgan fingerprint density at radius 3 is 2.31 bits per heavy atom. The lowest BCUT2D eigenvalue weighted by molar-refractivity contribution is -0.202. The van der Waals surface area contributed by atoms with Crippen LogP contribution in [0, 0.1) is 50.2 Å². The first-order chi connectivity index (χ1) is 16.2. The van der Waals surface area contributed by atoms with Crippen molar-refractivity contribution in [3.8, 4) is 0 Å². The standard InChI is InChI=1S/C32H52O3/c1-9-35-26(34)32-16-14-27(2,3)20-23(32)22-10-11-25-29(6)19-21(33)18-28(4,5)24(29)12-13-31(25,8)30(22,7)15-17-32/h10,21,23-25,33H,9,11-20H2,1-8H3/t21-,23?,24?,25?,29+,30-,31-,32+/m1/s1. The summed E-state index contributed by atoms with van der Waals surface area (Å²) in [7, 11) is 0. The Morgan fingerprint density at radius 1 is 0.943 bits per heavy atom. The summed E-state index contributed by atoms with van der Waals surface area (Å²) in [5.41, 5.74) is 2.21. The summed E-state index contributed by atoms with van der Waals surface area (Å²) in [6.07, 6.45) is 13.2. The van der Waals surface area contributed by atoms with Gasteiger partial charge in [-0.3, -0.25) is 4.79 Å². The highest BCUT2D eigenvalue weighted by atomic mass is 16.5. The second-order valence-electron chi connectivity index (χ2n) is 15.6. The van der Waals surface area contributed by atoms with Gasteiger partial charge in [0, 0.05) is 0 Å². The summed E-state index contributed by atoms with van der Waals surface area (Å²) < 4.78 is 5.78. The number of aliphatic hydroxyl groups excluding tert-OH is 1. The van der Waals surface area contributed by atoms with Gasteiger partial charge >= 0.3 is 5.97 Å². The molecular weight excluding hydrogens is 432 g/mol. The Kier molecular flexibility index (Phi) is 5.78. The van der Waals surface area contributed by atoms with Crippen molar-refractivity contribution in [3.63, 3.8) is 0 Å². The molecule has 3 nitrogen and oxygen atoms in total. The van der Waals surface area contributed by atoms with Crippen molar-refractivity contribution >= 4 is 5.97 Å². The van der Waals surface area contributed by atoms with Crippen LogP contribution in [0.2, 0.25) is 0 Å². The summed E-state index contributed by atoms with van der Waals surface area (Å²) >= 11 is 0. The van der Waals surface area contributed by atoms with Crippen molar-refractivity contribution in [1.29, 1.82) is 0 Å². The van der Waals surface area contributed by atoms with Gasteiger partial charge in [-0.25, -0.2) is 0 Å². The van der Waals surface area contributed by atoms with E-state index in [9.17, 15) is 9.90 Å². The van der Waals surface area contributed by atoms with E-state index in [1.165, 1.54) is 12.8 Å². The van der Waals surface area contributed by atoms with Crippen molar-refractivity contribution < 1.29 is 14.6 Å². The van der Waals surface area contributed by atoms with E-state index in [4.69, 9.17) is 4.74 Å². The van der Waals surface area contributed by atoms with E-state index in [-0.39, 0.29) is 44.6 Å². The number of hydrogen-bond donors (Lipinski definition) is 1. The van der Waals surface area contributed by atoms with Gasteiger partial charge in [-0.15, -0.1) is 0 Å². The number of hydrogen-bond acceptors (Lipinski definition) is 3. The fourth-order valence-corrected chi connectivity index (χ4v) is 11.1. The molecule has 0 bridgehead atoms. The molecule has 35 heavy (non-hydrogen) atoms. The molecule has 4 saturated carbocycles. The number of rotatable bonds is 2.